The molecule has 1 N–H and O–H groups in total. The lowest BCUT2D eigenvalue weighted by atomic mass is 9.73. The van der Waals surface area contributed by atoms with Crippen LogP contribution >= 0.6 is 0 Å². The molecule has 1 aliphatic rings. The van der Waals surface area contributed by atoms with Gasteiger partial charge in [-0.1, -0.05) is 26.7 Å². The first-order valence-corrected chi connectivity index (χ1v) is 6.77. The minimum atomic E-state index is -0.347. The Morgan fingerprint density at radius 1 is 1.47 bits per heavy atom. The van der Waals surface area contributed by atoms with E-state index in [0.29, 0.717) is 11.5 Å². The van der Waals surface area contributed by atoms with Crippen LogP contribution in [0.5, 0.6) is 0 Å². The van der Waals surface area contributed by atoms with Gasteiger partial charge in [0.2, 0.25) is 5.82 Å². The van der Waals surface area contributed by atoms with Gasteiger partial charge < -0.3 is 5.32 Å². The predicted molar refractivity (Wildman–Crippen MR) is 74.3 cm³/mol. The van der Waals surface area contributed by atoms with Gasteiger partial charge in [0.25, 0.3) is 0 Å². The zero-order valence-corrected chi connectivity index (χ0v) is 12.1. The summed E-state index contributed by atoms with van der Waals surface area (Å²) in [6, 6.07) is 0.259. The number of hydrogen-bond donors (Lipinski definition) is 1. The minimum absolute atomic E-state index is 0.101. The van der Waals surface area contributed by atoms with Crippen molar-refractivity contribution in [1.29, 1.82) is 0 Å². The molecule has 19 heavy (non-hydrogen) atoms. The number of nitrogens with one attached hydrogen (secondary N) is 1. The van der Waals surface area contributed by atoms with Crippen LogP contribution in [0.1, 0.15) is 45.2 Å². The summed E-state index contributed by atoms with van der Waals surface area (Å²) in [6.45, 7) is 6.12. The van der Waals surface area contributed by atoms with Crippen molar-refractivity contribution in [2.45, 2.75) is 52.5 Å². The molecule has 0 aliphatic heterocycles. The highest BCUT2D eigenvalue weighted by Gasteiger charge is 2.35. The van der Waals surface area contributed by atoms with Gasteiger partial charge in [-0.3, -0.25) is 10.1 Å². The molecule has 0 bridgehead atoms. The minimum Gasteiger partial charge on any atom is -0.361 e. The maximum Gasteiger partial charge on any atom is 0.333 e. The predicted octanol–water partition coefficient (Wildman–Crippen LogP) is 3.02. The molecule has 106 valence electrons. The first-order chi connectivity index (χ1) is 8.83. The quantitative estimate of drug-likeness (QED) is 0.674. The van der Waals surface area contributed by atoms with Gasteiger partial charge in [-0.2, -0.15) is 5.10 Å². The fraction of sp³-hybridized carbons (Fsp3) is 0.769. The monoisotopic (exact) mass is 266 g/mol. The van der Waals surface area contributed by atoms with Crippen molar-refractivity contribution in [2.24, 2.45) is 12.5 Å². The van der Waals surface area contributed by atoms with Crippen LogP contribution in [-0.2, 0) is 7.05 Å². The fourth-order valence-corrected chi connectivity index (χ4v) is 2.95. The molecule has 1 heterocycles. The Labute approximate surface area is 113 Å². The zero-order valence-electron chi connectivity index (χ0n) is 12.1. The van der Waals surface area contributed by atoms with Gasteiger partial charge in [-0.05, 0) is 25.2 Å². The van der Waals surface area contributed by atoms with Crippen molar-refractivity contribution in [2.75, 3.05) is 5.32 Å². The van der Waals surface area contributed by atoms with E-state index in [-0.39, 0.29) is 22.1 Å². The normalized spacial score (nSPS) is 22.2. The first kappa shape index (κ1) is 13.8. The van der Waals surface area contributed by atoms with Crippen molar-refractivity contribution in [1.82, 2.24) is 9.78 Å². The summed E-state index contributed by atoms with van der Waals surface area (Å²) in [5.41, 5.74) is 0.720. The Morgan fingerprint density at radius 3 is 2.74 bits per heavy atom. The summed E-state index contributed by atoms with van der Waals surface area (Å²) in [7, 11) is 1.75. The molecule has 6 nitrogen and oxygen atoms in total. The highest BCUT2D eigenvalue weighted by atomic mass is 16.6. The second-order valence-corrected chi connectivity index (χ2v) is 6.09. The highest BCUT2D eigenvalue weighted by Crippen LogP contribution is 2.39. The molecule has 1 aromatic rings. The number of rotatable bonds is 3. The Hall–Kier alpha value is -1.59. The summed E-state index contributed by atoms with van der Waals surface area (Å²) >= 11 is 0. The van der Waals surface area contributed by atoms with E-state index >= 15 is 0 Å². The van der Waals surface area contributed by atoms with Crippen molar-refractivity contribution in [3.63, 3.8) is 0 Å². The van der Waals surface area contributed by atoms with Crippen LogP contribution in [0, 0.1) is 22.5 Å². The lowest BCUT2D eigenvalue weighted by Gasteiger charge is -2.39. The van der Waals surface area contributed by atoms with Gasteiger partial charge in [0.1, 0.15) is 5.69 Å². The third-order valence-corrected chi connectivity index (χ3v) is 4.19. The van der Waals surface area contributed by atoms with Crippen LogP contribution < -0.4 is 5.32 Å². The van der Waals surface area contributed by atoms with Crippen LogP contribution in [0.15, 0.2) is 0 Å². The molecule has 1 saturated carbocycles. The maximum atomic E-state index is 11.2. The second kappa shape index (κ2) is 4.83. The fourth-order valence-electron chi connectivity index (χ4n) is 2.95. The number of nitrogens with zero attached hydrogens (tertiary/aromatic N) is 3. The Bertz CT molecular complexity index is 493. The molecule has 2 rings (SSSR count). The molecule has 6 heteroatoms. The molecule has 1 aromatic heterocycles. The van der Waals surface area contributed by atoms with E-state index < -0.39 is 0 Å². The molecule has 0 spiro atoms. The molecule has 1 atom stereocenters. The molecular weight excluding hydrogens is 244 g/mol. The van der Waals surface area contributed by atoms with Crippen LogP contribution in [0.2, 0.25) is 0 Å². The molecular formula is C13H22N4O2. The van der Waals surface area contributed by atoms with Gasteiger partial charge in [-0.25, -0.2) is 4.68 Å². The van der Waals surface area contributed by atoms with E-state index in [2.05, 4.69) is 24.3 Å². The van der Waals surface area contributed by atoms with Crippen molar-refractivity contribution in [3.8, 4) is 0 Å². The number of aryl methyl sites for hydroxylation is 2. The number of anilines is 1. The van der Waals surface area contributed by atoms with E-state index in [1.807, 2.05) is 0 Å². The van der Waals surface area contributed by atoms with Crippen molar-refractivity contribution in [3.05, 3.63) is 15.8 Å². The van der Waals surface area contributed by atoms with Gasteiger partial charge in [-0.15, -0.1) is 0 Å². The molecule has 0 radical (unpaired) electrons. The van der Waals surface area contributed by atoms with Crippen LogP contribution in [-0.4, -0.2) is 20.7 Å². The van der Waals surface area contributed by atoms with E-state index in [1.54, 1.807) is 18.7 Å². The summed E-state index contributed by atoms with van der Waals surface area (Å²) < 4.78 is 1.58. The SMILES string of the molecule is Cc1nn(C)c(NC2CCCCC2(C)C)c1[N+](=O)[O-]. The molecule has 1 unspecified atom stereocenters. The van der Waals surface area contributed by atoms with Gasteiger partial charge in [0.15, 0.2) is 0 Å². The zero-order chi connectivity index (χ0) is 14.2. The summed E-state index contributed by atoms with van der Waals surface area (Å²) in [5, 5.41) is 18.7. The Morgan fingerprint density at radius 2 is 2.16 bits per heavy atom. The van der Waals surface area contributed by atoms with Crippen molar-refractivity contribution >= 4 is 11.5 Å². The van der Waals surface area contributed by atoms with E-state index in [4.69, 9.17) is 0 Å². The van der Waals surface area contributed by atoms with E-state index in [9.17, 15) is 10.1 Å². The standard InChI is InChI=1S/C13H22N4O2/c1-9-11(17(18)19)12(16(4)15-9)14-10-7-5-6-8-13(10,2)3/h10,14H,5-8H2,1-4H3. The maximum absolute atomic E-state index is 11.2. The van der Waals surface area contributed by atoms with Crippen LogP contribution in [0.4, 0.5) is 11.5 Å². The van der Waals surface area contributed by atoms with Gasteiger partial charge >= 0.3 is 5.69 Å². The lowest BCUT2D eigenvalue weighted by molar-refractivity contribution is -0.384. The molecule has 0 aromatic carbocycles. The summed E-state index contributed by atoms with van der Waals surface area (Å²) in [4.78, 5) is 10.8. The molecule has 0 amide bonds. The third kappa shape index (κ3) is 2.57. The Kier molecular flexibility index (Phi) is 3.52. The number of nitro groups is 1. The summed E-state index contributed by atoms with van der Waals surface area (Å²) in [5.74, 6) is 0.530. The van der Waals surface area contributed by atoms with Gasteiger partial charge in [0, 0.05) is 13.1 Å². The van der Waals surface area contributed by atoms with Gasteiger partial charge in [0.05, 0.1) is 4.92 Å². The van der Waals surface area contributed by atoms with E-state index in [1.165, 1.54) is 12.8 Å². The highest BCUT2D eigenvalue weighted by molar-refractivity contribution is 5.60. The average Bonchev–Trinajstić information content (AvgIpc) is 2.56. The number of hydrogen-bond acceptors (Lipinski definition) is 4. The van der Waals surface area contributed by atoms with Crippen LogP contribution in [0.25, 0.3) is 0 Å². The second-order valence-electron chi connectivity index (χ2n) is 6.09. The van der Waals surface area contributed by atoms with E-state index in [0.717, 1.165) is 12.8 Å². The molecule has 1 fully saturated rings. The third-order valence-electron chi connectivity index (χ3n) is 4.19. The summed E-state index contributed by atoms with van der Waals surface area (Å²) in [6.07, 6.45) is 4.60. The number of aromatic nitrogens is 2. The van der Waals surface area contributed by atoms with Crippen LogP contribution in [0.3, 0.4) is 0 Å². The Balaban J connectivity index is 2.30. The first-order valence-electron chi connectivity index (χ1n) is 6.77. The lowest BCUT2D eigenvalue weighted by Crippen LogP contribution is -2.39. The topological polar surface area (TPSA) is 73.0 Å². The molecule has 1 aliphatic carbocycles. The molecule has 0 saturated heterocycles. The van der Waals surface area contributed by atoms with Crippen molar-refractivity contribution < 1.29 is 4.92 Å². The average molecular weight is 266 g/mol. The smallest absolute Gasteiger partial charge is 0.333 e. The largest absolute Gasteiger partial charge is 0.361 e.